The average Bonchev–Trinajstić information content (AvgIpc) is 3.16. The van der Waals surface area contributed by atoms with E-state index in [4.69, 9.17) is 4.98 Å². The summed E-state index contributed by atoms with van der Waals surface area (Å²) in [7, 11) is 0. The molecule has 1 aliphatic heterocycles. The number of aromatic nitrogens is 2. The Balaban J connectivity index is 1.74. The Morgan fingerprint density at radius 1 is 0.967 bits per heavy atom. The van der Waals surface area contributed by atoms with Crippen molar-refractivity contribution in [2.24, 2.45) is 0 Å². The highest BCUT2D eigenvalue weighted by Gasteiger charge is 2.34. The number of anilines is 1. The molecule has 1 aliphatic rings. The summed E-state index contributed by atoms with van der Waals surface area (Å²) in [6.07, 6.45) is 2.06. The normalized spacial score (nSPS) is 15.7. The fourth-order valence-corrected chi connectivity index (χ4v) is 4.51. The minimum atomic E-state index is -0.253. The molecular formula is C25H21N3OS. The number of fused-ring (bicyclic) bond motifs is 3. The number of imidazole rings is 1. The Morgan fingerprint density at radius 2 is 1.67 bits per heavy atom. The molecule has 148 valence electrons. The minimum Gasteiger partial charge on any atom is -0.329 e. The van der Waals surface area contributed by atoms with Crippen LogP contribution in [-0.4, -0.2) is 21.6 Å². The average molecular weight is 412 g/mol. The van der Waals surface area contributed by atoms with Crippen LogP contribution in [0, 0.1) is 0 Å². The summed E-state index contributed by atoms with van der Waals surface area (Å²) in [5.41, 5.74) is 5.25. The van der Waals surface area contributed by atoms with Crippen LogP contribution in [0.5, 0.6) is 0 Å². The van der Waals surface area contributed by atoms with Crippen molar-refractivity contribution in [3.8, 4) is 0 Å². The molecule has 0 bridgehead atoms. The first-order valence-corrected chi connectivity index (χ1v) is 11.1. The van der Waals surface area contributed by atoms with Crippen molar-refractivity contribution in [3.63, 3.8) is 0 Å². The maximum Gasteiger partial charge on any atom is 0.209 e. The van der Waals surface area contributed by atoms with Crippen LogP contribution >= 0.6 is 11.8 Å². The lowest BCUT2D eigenvalue weighted by Crippen LogP contribution is -2.28. The molecule has 4 nitrogen and oxygen atoms in total. The standard InChI is InChI=1S/C25H21N3OS/c1-16-22(24(29)18-8-4-3-5-9-18)23(17-12-14-19(30-2)15-13-17)28-21-11-7-6-10-20(21)27-25(28)26-16/h3-15,23H,1-2H3,(H,26,27). The van der Waals surface area contributed by atoms with E-state index in [1.165, 1.54) is 4.90 Å². The van der Waals surface area contributed by atoms with Gasteiger partial charge in [-0.3, -0.25) is 9.36 Å². The lowest BCUT2D eigenvalue weighted by molar-refractivity contribution is 0.102. The summed E-state index contributed by atoms with van der Waals surface area (Å²) in [4.78, 5) is 19.6. The summed E-state index contributed by atoms with van der Waals surface area (Å²) in [6.45, 7) is 1.96. The molecule has 2 heterocycles. The third-order valence-electron chi connectivity index (χ3n) is 5.54. The van der Waals surface area contributed by atoms with Gasteiger partial charge in [0, 0.05) is 21.7 Å². The monoisotopic (exact) mass is 411 g/mol. The van der Waals surface area contributed by atoms with Gasteiger partial charge in [0.1, 0.15) is 0 Å². The Morgan fingerprint density at radius 3 is 2.40 bits per heavy atom. The summed E-state index contributed by atoms with van der Waals surface area (Å²) in [5.74, 6) is 0.792. The second-order valence-electron chi connectivity index (χ2n) is 7.33. The van der Waals surface area contributed by atoms with E-state index in [0.29, 0.717) is 5.56 Å². The number of allylic oxidation sites excluding steroid dienone is 2. The Kier molecular flexibility index (Phi) is 4.68. The number of para-hydroxylation sites is 2. The van der Waals surface area contributed by atoms with Gasteiger partial charge in [0.25, 0.3) is 0 Å². The third kappa shape index (κ3) is 3.02. The Labute approximate surface area is 179 Å². The van der Waals surface area contributed by atoms with Crippen LogP contribution in [0.4, 0.5) is 5.95 Å². The molecule has 1 aromatic heterocycles. The molecule has 0 saturated carbocycles. The number of nitrogens with one attached hydrogen (secondary N) is 1. The molecule has 0 spiro atoms. The topological polar surface area (TPSA) is 46.9 Å². The quantitative estimate of drug-likeness (QED) is 0.334. The number of benzene rings is 3. The fourth-order valence-electron chi connectivity index (χ4n) is 4.10. The highest BCUT2D eigenvalue weighted by atomic mass is 32.2. The van der Waals surface area contributed by atoms with E-state index in [-0.39, 0.29) is 11.8 Å². The van der Waals surface area contributed by atoms with Crippen LogP contribution in [-0.2, 0) is 0 Å². The van der Waals surface area contributed by atoms with Gasteiger partial charge in [0.2, 0.25) is 5.95 Å². The van der Waals surface area contributed by atoms with Crippen LogP contribution in [0.3, 0.4) is 0 Å². The minimum absolute atomic E-state index is 0.0305. The van der Waals surface area contributed by atoms with Gasteiger partial charge in [-0.2, -0.15) is 0 Å². The molecule has 5 rings (SSSR count). The molecule has 1 N–H and O–H groups in total. The van der Waals surface area contributed by atoms with Crippen LogP contribution in [0.25, 0.3) is 11.0 Å². The van der Waals surface area contributed by atoms with Crippen LogP contribution < -0.4 is 5.32 Å². The summed E-state index contributed by atoms with van der Waals surface area (Å²) < 4.78 is 2.15. The van der Waals surface area contributed by atoms with Crippen LogP contribution in [0.1, 0.15) is 28.9 Å². The lowest BCUT2D eigenvalue weighted by Gasteiger charge is -2.31. The van der Waals surface area contributed by atoms with Gasteiger partial charge < -0.3 is 5.32 Å². The molecule has 0 amide bonds. The van der Waals surface area contributed by atoms with E-state index in [0.717, 1.165) is 33.8 Å². The summed E-state index contributed by atoms with van der Waals surface area (Å²) >= 11 is 1.71. The highest BCUT2D eigenvalue weighted by molar-refractivity contribution is 7.98. The van der Waals surface area contributed by atoms with Crippen molar-refractivity contribution >= 4 is 34.5 Å². The van der Waals surface area contributed by atoms with Crippen LogP contribution in [0.2, 0.25) is 0 Å². The van der Waals surface area contributed by atoms with Crippen LogP contribution in [0.15, 0.2) is 95.0 Å². The number of rotatable bonds is 4. The molecular weight excluding hydrogens is 390 g/mol. The fraction of sp³-hybridized carbons (Fsp3) is 0.120. The SMILES string of the molecule is CSc1ccc(C2C(C(=O)c3ccccc3)=C(C)Nc3nc4ccccc4n32)cc1. The maximum atomic E-state index is 13.6. The van der Waals surface area contributed by atoms with Gasteiger partial charge in [-0.05, 0) is 43.0 Å². The van der Waals surface area contributed by atoms with Crippen molar-refractivity contribution in [2.45, 2.75) is 17.9 Å². The number of hydrogen-bond acceptors (Lipinski definition) is 4. The van der Waals surface area contributed by atoms with E-state index in [1.807, 2.05) is 55.5 Å². The number of hydrogen-bond donors (Lipinski definition) is 1. The van der Waals surface area contributed by atoms with Gasteiger partial charge in [-0.25, -0.2) is 4.98 Å². The van der Waals surface area contributed by atoms with Crippen molar-refractivity contribution in [1.29, 1.82) is 0 Å². The zero-order valence-electron chi connectivity index (χ0n) is 16.8. The number of carbonyl (C=O) groups is 1. The van der Waals surface area contributed by atoms with E-state index in [1.54, 1.807) is 11.8 Å². The third-order valence-corrected chi connectivity index (χ3v) is 6.29. The predicted octanol–water partition coefficient (Wildman–Crippen LogP) is 5.93. The van der Waals surface area contributed by atoms with Crippen molar-refractivity contribution in [2.75, 3.05) is 11.6 Å². The molecule has 0 aliphatic carbocycles. The number of ketones is 1. The second kappa shape index (κ2) is 7.50. The molecule has 1 unspecified atom stereocenters. The number of Topliss-reactive ketones (excluding diaryl/α,β-unsaturated/α-hetero) is 1. The Bertz CT molecular complexity index is 1270. The maximum absolute atomic E-state index is 13.6. The van der Waals surface area contributed by atoms with Crippen molar-refractivity contribution in [1.82, 2.24) is 9.55 Å². The molecule has 0 radical (unpaired) electrons. The summed E-state index contributed by atoms with van der Waals surface area (Å²) in [6, 6.07) is 25.7. The molecule has 4 aromatic rings. The number of carbonyl (C=O) groups excluding carboxylic acids is 1. The first kappa shape index (κ1) is 18.7. The first-order chi connectivity index (χ1) is 14.7. The van der Waals surface area contributed by atoms with E-state index >= 15 is 0 Å². The lowest BCUT2D eigenvalue weighted by atomic mass is 9.89. The molecule has 1 atom stereocenters. The van der Waals surface area contributed by atoms with E-state index < -0.39 is 0 Å². The number of nitrogens with zero attached hydrogens (tertiary/aromatic N) is 2. The van der Waals surface area contributed by atoms with Crippen molar-refractivity contribution < 1.29 is 4.79 Å². The van der Waals surface area contributed by atoms with Gasteiger partial charge in [-0.1, -0.05) is 54.6 Å². The molecule has 0 fully saturated rings. The van der Waals surface area contributed by atoms with Gasteiger partial charge in [0.05, 0.1) is 17.1 Å². The second-order valence-corrected chi connectivity index (χ2v) is 8.21. The zero-order chi connectivity index (χ0) is 20.7. The molecule has 3 aromatic carbocycles. The smallest absolute Gasteiger partial charge is 0.209 e. The largest absolute Gasteiger partial charge is 0.329 e. The number of thioether (sulfide) groups is 1. The van der Waals surface area contributed by atoms with Crippen molar-refractivity contribution in [3.05, 3.63) is 101 Å². The van der Waals surface area contributed by atoms with E-state index in [2.05, 4.69) is 46.5 Å². The zero-order valence-corrected chi connectivity index (χ0v) is 17.6. The van der Waals surface area contributed by atoms with E-state index in [9.17, 15) is 4.79 Å². The molecule has 0 saturated heterocycles. The first-order valence-electron chi connectivity index (χ1n) is 9.86. The highest BCUT2D eigenvalue weighted by Crippen LogP contribution is 2.40. The Hall–Kier alpha value is -3.31. The van der Waals surface area contributed by atoms with Gasteiger partial charge in [0.15, 0.2) is 5.78 Å². The van der Waals surface area contributed by atoms with Gasteiger partial charge in [-0.15, -0.1) is 11.8 Å². The molecule has 30 heavy (non-hydrogen) atoms. The van der Waals surface area contributed by atoms with Gasteiger partial charge >= 0.3 is 0 Å². The predicted molar refractivity (Wildman–Crippen MR) is 123 cm³/mol. The molecule has 5 heteroatoms. The summed E-state index contributed by atoms with van der Waals surface area (Å²) in [5, 5.41) is 3.38.